The van der Waals surface area contributed by atoms with Crippen molar-refractivity contribution in [3.8, 4) is 0 Å². The molecule has 0 aliphatic rings. The average molecular weight is 292 g/mol. The van der Waals surface area contributed by atoms with E-state index in [-0.39, 0.29) is 5.91 Å². The first-order valence-electron chi connectivity index (χ1n) is 7.10. The Morgan fingerprint density at radius 3 is 2.95 bits per heavy atom. The van der Waals surface area contributed by atoms with Gasteiger partial charge in [0.2, 0.25) is 0 Å². The monoisotopic (exact) mass is 292 g/mol. The fourth-order valence-electron chi connectivity index (χ4n) is 1.72. The van der Waals surface area contributed by atoms with Gasteiger partial charge in [0.05, 0.1) is 6.54 Å². The van der Waals surface area contributed by atoms with Crippen molar-refractivity contribution in [2.75, 3.05) is 26.8 Å². The van der Waals surface area contributed by atoms with E-state index in [9.17, 15) is 4.79 Å². The predicted octanol–water partition coefficient (Wildman–Crippen LogP) is 0.877. The molecule has 116 valence electrons. The molecule has 4 N–H and O–H groups in total. The molecule has 6 heteroatoms. The van der Waals surface area contributed by atoms with E-state index >= 15 is 0 Å². The smallest absolute Gasteiger partial charge is 0.251 e. The number of carbonyl (C=O) groups is 1. The van der Waals surface area contributed by atoms with Gasteiger partial charge in [-0.05, 0) is 31.0 Å². The first-order chi connectivity index (χ1) is 10.2. The number of nitrogens with one attached hydrogen (secondary N) is 2. The van der Waals surface area contributed by atoms with Gasteiger partial charge in [0.25, 0.3) is 5.91 Å². The summed E-state index contributed by atoms with van der Waals surface area (Å²) >= 11 is 0. The Hall–Kier alpha value is -2.08. The minimum absolute atomic E-state index is 0.108. The van der Waals surface area contributed by atoms with Crippen molar-refractivity contribution in [1.29, 1.82) is 0 Å². The lowest BCUT2D eigenvalue weighted by Gasteiger charge is -2.06. The molecule has 0 aliphatic heterocycles. The molecule has 0 saturated carbocycles. The van der Waals surface area contributed by atoms with E-state index in [1.807, 2.05) is 25.1 Å². The molecule has 6 nitrogen and oxygen atoms in total. The zero-order valence-electron chi connectivity index (χ0n) is 12.7. The van der Waals surface area contributed by atoms with E-state index in [1.54, 1.807) is 13.1 Å². The summed E-state index contributed by atoms with van der Waals surface area (Å²) in [6, 6.07) is 7.32. The zero-order valence-corrected chi connectivity index (χ0v) is 12.7. The highest BCUT2D eigenvalue weighted by Gasteiger charge is 2.03. The molecule has 0 heterocycles. The molecule has 0 spiro atoms. The summed E-state index contributed by atoms with van der Waals surface area (Å²) in [6.45, 7) is 4.58. The van der Waals surface area contributed by atoms with E-state index in [4.69, 9.17) is 10.5 Å². The largest absolute Gasteiger partial charge is 0.382 e. The molecular formula is C15H24N4O2. The molecular weight excluding hydrogens is 268 g/mol. The number of rotatable bonds is 8. The van der Waals surface area contributed by atoms with Gasteiger partial charge in [0.15, 0.2) is 5.96 Å². The maximum atomic E-state index is 11.5. The van der Waals surface area contributed by atoms with Crippen molar-refractivity contribution >= 4 is 11.9 Å². The molecule has 0 fully saturated rings. The Morgan fingerprint density at radius 2 is 2.24 bits per heavy atom. The highest BCUT2D eigenvalue weighted by Crippen LogP contribution is 2.06. The third-order valence-corrected chi connectivity index (χ3v) is 2.82. The Balaban J connectivity index is 2.42. The van der Waals surface area contributed by atoms with Crippen LogP contribution < -0.4 is 16.4 Å². The second kappa shape index (κ2) is 9.77. The molecule has 0 bridgehead atoms. The van der Waals surface area contributed by atoms with Crippen molar-refractivity contribution in [3.63, 3.8) is 0 Å². The first kappa shape index (κ1) is 17.0. The van der Waals surface area contributed by atoms with Crippen LogP contribution in [0.25, 0.3) is 0 Å². The molecule has 0 atom stereocenters. The van der Waals surface area contributed by atoms with E-state index in [0.29, 0.717) is 24.7 Å². The molecule has 0 aromatic heterocycles. The van der Waals surface area contributed by atoms with Crippen LogP contribution in [0.3, 0.4) is 0 Å². The molecule has 0 aliphatic carbocycles. The SMILES string of the molecule is CCOCCCNC(N)=NCc1cccc(C(=O)NC)c1. The summed E-state index contributed by atoms with van der Waals surface area (Å²) in [5, 5.41) is 5.62. The summed E-state index contributed by atoms with van der Waals surface area (Å²) in [5.41, 5.74) is 7.34. The Bertz CT molecular complexity index is 474. The van der Waals surface area contributed by atoms with Crippen molar-refractivity contribution < 1.29 is 9.53 Å². The van der Waals surface area contributed by atoms with Crippen LogP contribution in [0.4, 0.5) is 0 Å². The van der Waals surface area contributed by atoms with Gasteiger partial charge in [-0.2, -0.15) is 0 Å². The van der Waals surface area contributed by atoms with Crippen LogP contribution in [-0.4, -0.2) is 38.7 Å². The van der Waals surface area contributed by atoms with Crippen molar-refractivity contribution in [2.45, 2.75) is 19.9 Å². The van der Waals surface area contributed by atoms with Gasteiger partial charge in [-0.15, -0.1) is 0 Å². The molecule has 1 rings (SSSR count). The van der Waals surface area contributed by atoms with Crippen LogP contribution in [0.5, 0.6) is 0 Å². The van der Waals surface area contributed by atoms with Gasteiger partial charge in [-0.3, -0.25) is 4.79 Å². The topological polar surface area (TPSA) is 88.7 Å². The van der Waals surface area contributed by atoms with Gasteiger partial charge in [0, 0.05) is 32.4 Å². The number of nitrogens with zero attached hydrogens (tertiary/aromatic N) is 1. The van der Waals surface area contributed by atoms with Gasteiger partial charge < -0.3 is 21.1 Å². The Labute approximate surface area is 125 Å². The minimum atomic E-state index is -0.108. The van der Waals surface area contributed by atoms with Crippen LogP contribution in [0.2, 0.25) is 0 Å². The molecule has 1 aromatic carbocycles. The molecule has 0 saturated heterocycles. The maximum Gasteiger partial charge on any atom is 0.251 e. The predicted molar refractivity (Wildman–Crippen MR) is 84.3 cm³/mol. The summed E-state index contributed by atoms with van der Waals surface area (Å²) in [7, 11) is 1.61. The van der Waals surface area contributed by atoms with Crippen molar-refractivity contribution in [2.24, 2.45) is 10.7 Å². The zero-order chi connectivity index (χ0) is 15.5. The van der Waals surface area contributed by atoms with Crippen molar-refractivity contribution in [3.05, 3.63) is 35.4 Å². The molecule has 0 unspecified atom stereocenters. The van der Waals surface area contributed by atoms with Crippen LogP contribution in [0.1, 0.15) is 29.3 Å². The molecule has 21 heavy (non-hydrogen) atoms. The summed E-state index contributed by atoms with van der Waals surface area (Å²) in [4.78, 5) is 15.8. The van der Waals surface area contributed by atoms with Gasteiger partial charge in [0.1, 0.15) is 0 Å². The maximum absolute atomic E-state index is 11.5. The van der Waals surface area contributed by atoms with Crippen molar-refractivity contribution in [1.82, 2.24) is 10.6 Å². The number of ether oxygens (including phenoxy) is 1. The van der Waals surface area contributed by atoms with Crippen LogP contribution in [-0.2, 0) is 11.3 Å². The second-order valence-corrected chi connectivity index (χ2v) is 4.46. The van der Waals surface area contributed by atoms with Gasteiger partial charge in [-0.25, -0.2) is 4.99 Å². The van der Waals surface area contributed by atoms with E-state index in [1.165, 1.54) is 0 Å². The summed E-state index contributed by atoms with van der Waals surface area (Å²) < 4.78 is 5.23. The number of amides is 1. The quantitative estimate of drug-likeness (QED) is 0.377. The number of guanidine groups is 1. The standard InChI is InChI=1S/C15H24N4O2/c1-3-21-9-5-8-18-15(16)19-11-12-6-4-7-13(10-12)14(20)17-2/h4,6-7,10H,3,5,8-9,11H2,1-2H3,(H,17,20)(H3,16,18,19). The normalized spacial score (nSPS) is 11.2. The van der Waals surface area contributed by atoms with Gasteiger partial charge in [-0.1, -0.05) is 12.1 Å². The average Bonchev–Trinajstić information content (AvgIpc) is 2.52. The lowest BCUT2D eigenvalue weighted by molar-refractivity contribution is 0.0963. The third kappa shape index (κ3) is 6.76. The summed E-state index contributed by atoms with van der Waals surface area (Å²) in [5.74, 6) is 0.291. The Morgan fingerprint density at radius 1 is 1.43 bits per heavy atom. The third-order valence-electron chi connectivity index (χ3n) is 2.82. The second-order valence-electron chi connectivity index (χ2n) is 4.46. The van der Waals surface area contributed by atoms with E-state index < -0.39 is 0 Å². The lowest BCUT2D eigenvalue weighted by atomic mass is 10.1. The number of hydrogen-bond acceptors (Lipinski definition) is 3. The molecule has 1 amide bonds. The summed E-state index contributed by atoms with van der Waals surface area (Å²) in [6.07, 6.45) is 0.885. The lowest BCUT2D eigenvalue weighted by Crippen LogP contribution is -2.32. The number of nitrogens with two attached hydrogens (primary N) is 1. The number of benzene rings is 1. The van der Waals surface area contributed by atoms with E-state index in [2.05, 4.69) is 15.6 Å². The van der Waals surface area contributed by atoms with Crippen LogP contribution >= 0.6 is 0 Å². The highest BCUT2D eigenvalue weighted by molar-refractivity contribution is 5.94. The fraction of sp³-hybridized carbons (Fsp3) is 0.467. The molecule has 1 aromatic rings. The molecule has 0 radical (unpaired) electrons. The minimum Gasteiger partial charge on any atom is -0.382 e. The van der Waals surface area contributed by atoms with E-state index in [0.717, 1.165) is 25.1 Å². The fourth-order valence-corrected chi connectivity index (χ4v) is 1.72. The van der Waals surface area contributed by atoms with Gasteiger partial charge >= 0.3 is 0 Å². The van der Waals surface area contributed by atoms with Crippen LogP contribution in [0, 0.1) is 0 Å². The van der Waals surface area contributed by atoms with Crippen LogP contribution in [0.15, 0.2) is 29.3 Å². The number of aliphatic imine (C=N–C) groups is 1. The highest BCUT2D eigenvalue weighted by atomic mass is 16.5. The number of hydrogen-bond donors (Lipinski definition) is 3. The first-order valence-corrected chi connectivity index (χ1v) is 7.10. The Kier molecular flexibility index (Phi) is 7.89. The number of carbonyl (C=O) groups excluding carboxylic acids is 1.